The van der Waals surface area contributed by atoms with Crippen molar-refractivity contribution in [2.24, 2.45) is 4.99 Å². The van der Waals surface area contributed by atoms with E-state index in [4.69, 9.17) is 5.11 Å². The van der Waals surface area contributed by atoms with Crippen LogP contribution >= 0.6 is 0 Å². The first-order chi connectivity index (χ1) is 5.93. The number of aliphatic carboxylic acids is 1. The molecule has 0 aliphatic carbocycles. The normalized spacial score (nSPS) is 11.8. The van der Waals surface area contributed by atoms with Gasteiger partial charge in [-0.25, -0.2) is 9.79 Å². The minimum Gasteiger partial charge on any atom is -0.476 e. The van der Waals surface area contributed by atoms with Gasteiger partial charge in [-0.3, -0.25) is 0 Å². The van der Waals surface area contributed by atoms with Gasteiger partial charge in [0.25, 0.3) is 0 Å². The number of carboxylic acid groups (broad SMARTS) is 1. The van der Waals surface area contributed by atoms with Crippen LogP contribution in [0.4, 0.5) is 0 Å². The van der Waals surface area contributed by atoms with Crippen LogP contribution in [0.5, 0.6) is 0 Å². The number of rotatable bonds is 4. The quantitative estimate of drug-likeness (QED) is 0.382. The first-order valence-corrected chi connectivity index (χ1v) is 3.75. The second-order valence-corrected chi connectivity index (χ2v) is 2.99. The van der Waals surface area contributed by atoms with Crippen LogP contribution in [0.3, 0.4) is 0 Å². The van der Waals surface area contributed by atoms with Crippen LogP contribution in [0.25, 0.3) is 0 Å². The lowest BCUT2D eigenvalue weighted by molar-refractivity contribution is -0.132. The van der Waals surface area contributed by atoms with Gasteiger partial charge in [-0.2, -0.15) is 0 Å². The van der Waals surface area contributed by atoms with Crippen LogP contribution < -0.4 is 0 Å². The van der Waals surface area contributed by atoms with Crippen LogP contribution in [0, 0.1) is 0 Å². The van der Waals surface area contributed by atoms with Gasteiger partial charge in [-0.15, -0.1) is 0 Å². The molecule has 0 amide bonds. The van der Waals surface area contributed by atoms with Gasteiger partial charge in [0.05, 0.1) is 6.34 Å². The minimum absolute atomic E-state index is 0.0127. The van der Waals surface area contributed by atoms with Crippen molar-refractivity contribution in [1.29, 1.82) is 0 Å². The highest BCUT2D eigenvalue weighted by Gasteiger charge is 2.04. The molecule has 5 heteroatoms. The summed E-state index contributed by atoms with van der Waals surface area (Å²) in [6, 6.07) is 0. The van der Waals surface area contributed by atoms with Crippen molar-refractivity contribution in [2.75, 3.05) is 28.2 Å². The minimum atomic E-state index is -1.04. The second kappa shape index (κ2) is 5.18. The molecular weight excluding hydrogens is 170 g/mol. The summed E-state index contributed by atoms with van der Waals surface area (Å²) in [5, 5.41) is 8.71. The fourth-order valence-electron chi connectivity index (χ4n) is 0.566. The van der Waals surface area contributed by atoms with Crippen molar-refractivity contribution >= 4 is 12.3 Å². The fraction of sp³-hybridized carbons (Fsp3) is 0.500. The SMILES string of the molecule is CN(C)C=N/C(=C/N(C)C)C(=O)O. The molecule has 0 saturated heterocycles. The van der Waals surface area contributed by atoms with E-state index in [1.165, 1.54) is 12.5 Å². The summed E-state index contributed by atoms with van der Waals surface area (Å²) in [7, 11) is 7.04. The number of nitrogens with zero attached hydrogens (tertiary/aromatic N) is 3. The van der Waals surface area contributed by atoms with Gasteiger partial charge in [-0.1, -0.05) is 0 Å². The van der Waals surface area contributed by atoms with Crippen molar-refractivity contribution in [3.63, 3.8) is 0 Å². The number of hydrogen-bond donors (Lipinski definition) is 1. The smallest absolute Gasteiger partial charge is 0.356 e. The maximum absolute atomic E-state index is 10.6. The van der Waals surface area contributed by atoms with Gasteiger partial charge in [0.1, 0.15) is 0 Å². The van der Waals surface area contributed by atoms with E-state index in [1.807, 2.05) is 0 Å². The molecule has 0 heterocycles. The van der Waals surface area contributed by atoms with Crippen LogP contribution in [0.2, 0.25) is 0 Å². The molecule has 0 atom stereocenters. The van der Waals surface area contributed by atoms with Crippen molar-refractivity contribution in [2.45, 2.75) is 0 Å². The Balaban J connectivity index is 4.54. The molecule has 0 aromatic rings. The van der Waals surface area contributed by atoms with Gasteiger partial charge in [0.2, 0.25) is 0 Å². The van der Waals surface area contributed by atoms with E-state index in [0.717, 1.165) is 0 Å². The highest BCUT2D eigenvalue weighted by molar-refractivity contribution is 5.87. The number of hydrogen-bond acceptors (Lipinski definition) is 3. The Kier molecular flexibility index (Phi) is 4.58. The predicted molar refractivity (Wildman–Crippen MR) is 51.6 cm³/mol. The highest BCUT2D eigenvalue weighted by Crippen LogP contribution is 1.97. The summed E-state index contributed by atoms with van der Waals surface area (Å²) in [5.41, 5.74) is 0.0127. The molecule has 0 rings (SSSR count). The molecule has 1 N–H and O–H groups in total. The molecule has 0 aliphatic rings. The lowest BCUT2D eigenvalue weighted by atomic mass is 10.5. The van der Waals surface area contributed by atoms with E-state index >= 15 is 0 Å². The number of carboxylic acids is 1. The van der Waals surface area contributed by atoms with Crippen LogP contribution in [0.1, 0.15) is 0 Å². The maximum atomic E-state index is 10.6. The third-order valence-corrected chi connectivity index (χ3v) is 1.03. The highest BCUT2D eigenvalue weighted by atomic mass is 16.4. The molecule has 74 valence electrons. The summed E-state index contributed by atoms with van der Waals surface area (Å²) in [5.74, 6) is -1.04. The fourth-order valence-corrected chi connectivity index (χ4v) is 0.566. The Morgan fingerprint density at radius 3 is 2.08 bits per heavy atom. The average Bonchev–Trinajstić information content (AvgIpc) is 1.96. The van der Waals surface area contributed by atoms with E-state index in [1.54, 1.807) is 38.0 Å². The van der Waals surface area contributed by atoms with E-state index in [-0.39, 0.29) is 5.70 Å². The third kappa shape index (κ3) is 5.72. The zero-order valence-electron chi connectivity index (χ0n) is 8.35. The van der Waals surface area contributed by atoms with Crippen LogP contribution in [-0.2, 0) is 4.79 Å². The molecule has 0 unspecified atom stereocenters. The van der Waals surface area contributed by atoms with Gasteiger partial charge in [0.15, 0.2) is 5.70 Å². The first kappa shape index (κ1) is 11.5. The van der Waals surface area contributed by atoms with Crippen molar-refractivity contribution in [3.8, 4) is 0 Å². The summed E-state index contributed by atoms with van der Waals surface area (Å²) >= 11 is 0. The van der Waals surface area contributed by atoms with Crippen molar-refractivity contribution in [1.82, 2.24) is 9.80 Å². The molecule has 0 fully saturated rings. The predicted octanol–water partition coefficient (Wildman–Crippen LogP) is 0.0639. The van der Waals surface area contributed by atoms with E-state index < -0.39 is 5.97 Å². The topological polar surface area (TPSA) is 56.1 Å². The molecule has 0 aromatic carbocycles. The molecule has 0 spiro atoms. The Morgan fingerprint density at radius 2 is 1.77 bits per heavy atom. The van der Waals surface area contributed by atoms with Gasteiger partial charge in [-0.05, 0) is 0 Å². The second-order valence-electron chi connectivity index (χ2n) is 2.99. The third-order valence-electron chi connectivity index (χ3n) is 1.03. The molecule has 0 bridgehead atoms. The summed E-state index contributed by atoms with van der Waals surface area (Å²) in [6.45, 7) is 0. The Bertz CT molecular complexity index is 232. The monoisotopic (exact) mass is 185 g/mol. The number of carbonyl (C=O) groups is 1. The largest absolute Gasteiger partial charge is 0.476 e. The summed E-state index contributed by atoms with van der Waals surface area (Å²) in [4.78, 5) is 17.7. The van der Waals surface area contributed by atoms with Crippen molar-refractivity contribution < 1.29 is 9.90 Å². The van der Waals surface area contributed by atoms with Crippen molar-refractivity contribution in [3.05, 3.63) is 11.9 Å². The lowest BCUT2D eigenvalue weighted by Gasteiger charge is -2.06. The summed E-state index contributed by atoms with van der Waals surface area (Å²) < 4.78 is 0. The molecule has 0 saturated carbocycles. The standard InChI is InChI=1S/C8H15N3O2/c1-10(2)5-7(8(12)13)9-6-11(3)4/h5-6H,1-4H3,(H,12,13)/b7-5+,9-6?. The first-order valence-electron chi connectivity index (χ1n) is 3.75. The molecule has 0 radical (unpaired) electrons. The molecule has 5 nitrogen and oxygen atoms in total. The summed E-state index contributed by atoms with van der Waals surface area (Å²) in [6.07, 6.45) is 2.89. The Morgan fingerprint density at radius 1 is 1.23 bits per heavy atom. The van der Waals surface area contributed by atoms with Gasteiger partial charge in [0, 0.05) is 34.4 Å². The zero-order valence-corrected chi connectivity index (χ0v) is 8.35. The lowest BCUT2D eigenvalue weighted by Crippen LogP contribution is -2.11. The Labute approximate surface area is 78.0 Å². The van der Waals surface area contributed by atoms with Gasteiger partial charge < -0.3 is 14.9 Å². The average molecular weight is 185 g/mol. The molecule has 0 aliphatic heterocycles. The van der Waals surface area contributed by atoms with E-state index in [0.29, 0.717) is 0 Å². The maximum Gasteiger partial charge on any atom is 0.356 e. The molecule has 13 heavy (non-hydrogen) atoms. The van der Waals surface area contributed by atoms with Crippen LogP contribution in [0.15, 0.2) is 16.9 Å². The van der Waals surface area contributed by atoms with Gasteiger partial charge >= 0.3 is 5.97 Å². The zero-order chi connectivity index (χ0) is 10.4. The molecule has 0 aromatic heterocycles. The Hall–Kier alpha value is -1.52. The number of aliphatic imine (C=N–C) groups is 1. The van der Waals surface area contributed by atoms with E-state index in [2.05, 4.69) is 4.99 Å². The van der Waals surface area contributed by atoms with Crippen LogP contribution in [-0.4, -0.2) is 55.4 Å². The molecular formula is C8H15N3O2. The van der Waals surface area contributed by atoms with E-state index in [9.17, 15) is 4.79 Å².